The Morgan fingerprint density at radius 3 is 3.03 bits per heavy atom. The number of likely N-dealkylation sites (tertiary alicyclic amines) is 1. The molecule has 3 N–H and O–H groups in total. The summed E-state index contributed by atoms with van der Waals surface area (Å²) in [6.45, 7) is 3.58. The molecule has 0 radical (unpaired) electrons. The van der Waals surface area contributed by atoms with Gasteiger partial charge in [0, 0.05) is 37.7 Å². The number of amides is 1. The summed E-state index contributed by atoms with van der Waals surface area (Å²) >= 11 is 0. The zero-order valence-electron chi connectivity index (χ0n) is 18.3. The van der Waals surface area contributed by atoms with Gasteiger partial charge in [0.2, 0.25) is 0 Å². The van der Waals surface area contributed by atoms with Crippen molar-refractivity contribution in [1.82, 2.24) is 20.2 Å². The Bertz CT molecular complexity index is 936. The van der Waals surface area contributed by atoms with Crippen LogP contribution in [0.25, 0.3) is 0 Å². The molecule has 2 aromatic rings. The Kier molecular flexibility index (Phi) is 7.32. The highest BCUT2D eigenvalue weighted by Crippen LogP contribution is 2.24. The molecule has 2 atom stereocenters. The van der Waals surface area contributed by atoms with Gasteiger partial charge in [-0.25, -0.2) is 9.78 Å². The molecule has 2 aliphatic rings. The molecular formula is C24H31N5O3. The lowest BCUT2D eigenvalue weighted by molar-refractivity contribution is -0.139. The van der Waals surface area contributed by atoms with Gasteiger partial charge in [-0.05, 0) is 74.8 Å². The van der Waals surface area contributed by atoms with Crippen molar-refractivity contribution >= 4 is 17.7 Å². The van der Waals surface area contributed by atoms with Gasteiger partial charge in [-0.2, -0.15) is 0 Å². The molecule has 170 valence electrons. The van der Waals surface area contributed by atoms with Crippen molar-refractivity contribution in [2.45, 2.75) is 44.6 Å². The number of nitrogens with zero attached hydrogens (tertiary/aromatic N) is 3. The van der Waals surface area contributed by atoms with Crippen LogP contribution in [0.3, 0.4) is 0 Å². The number of aliphatic carboxylic acids is 1. The van der Waals surface area contributed by atoms with Crippen LogP contribution in [0.15, 0.2) is 36.7 Å². The average Bonchev–Trinajstić information content (AvgIpc) is 3.28. The number of carboxylic acids is 1. The van der Waals surface area contributed by atoms with E-state index in [1.807, 2.05) is 0 Å². The van der Waals surface area contributed by atoms with E-state index in [4.69, 9.17) is 4.98 Å². The summed E-state index contributed by atoms with van der Waals surface area (Å²) < 4.78 is 0. The zero-order chi connectivity index (χ0) is 22.3. The molecule has 0 aromatic carbocycles. The molecule has 1 amide bonds. The second-order valence-corrected chi connectivity index (χ2v) is 8.73. The van der Waals surface area contributed by atoms with E-state index in [1.165, 1.54) is 18.2 Å². The number of fused-ring (bicyclic) bond motifs is 1. The number of pyridine rings is 2. The summed E-state index contributed by atoms with van der Waals surface area (Å²) in [7, 11) is 0. The maximum absolute atomic E-state index is 12.3. The third-order valence-electron chi connectivity index (χ3n) is 6.39. The van der Waals surface area contributed by atoms with Gasteiger partial charge in [0.25, 0.3) is 5.91 Å². The second-order valence-electron chi connectivity index (χ2n) is 8.73. The van der Waals surface area contributed by atoms with Gasteiger partial charge in [-0.3, -0.25) is 9.78 Å². The summed E-state index contributed by atoms with van der Waals surface area (Å²) in [4.78, 5) is 34.9. The molecule has 8 nitrogen and oxygen atoms in total. The predicted molar refractivity (Wildman–Crippen MR) is 122 cm³/mol. The number of hydrogen-bond acceptors (Lipinski definition) is 6. The summed E-state index contributed by atoms with van der Waals surface area (Å²) in [5.41, 5.74) is 2.82. The van der Waals surface area contributed by atoms with Crippen LogP contribution in [-0.4, -0.2) is 64.1 Å². The number of carboxylic acid groups (broad SMARTS) is 1. The molecule has 32 heavy (non-hydrogen) atoms. The fourth-order valence-electron chi connectivity index (χ4n) is 4.52. The highest BCUT2D eigenvalue weighted by atomic mass is 16.4. The van der Waals surface area contributed by atoms with Gasteiger partial charge in [0.1, 0.15) is 11.9 Å². The molecule has 0 spiro atoms. The first-order chi connectivity index (χ1) is 15.6. The van der Waals surface area contributed by atoms with Crippen LogP contribution in [-0.2, 0) is 17.6 Å². The third kappa shape index (κ3) is 5.82. The monoisotopic (exact) mass is 437 g/mol. The first-order valence-electron chi connectivity index (χ1n) is 11.5. The van der Waals surface area contributed by atoms with E-state index in [0.717, 1.165) is 56.8 Å². The smallest absolute Gasteiger partial charge is 0.326 e. The van der Waals surface area contributed by atoms with E-state index in [-0.39, 0.29) is 0 Å². The number of aromatic nitrogens is 2. The third-order valence-corrected chi connectivity index (χ3v) is 6.39. The van der Waals surface area contributed by atoms with Crippen molar-refractivity contribution in [1.29, 1.82) is 0 Å². The number of hydrogen-bond donors (Lipinski definition) is 3. The van der Waals surface area contributed by atoms with Gasteiger partial charge >= 0.3 is 5.97 Å². The molecule has 1 fully saturated rings. The predicted octanol–water partition coefficient (Wildman–Crippen LogP) is 2.36. The molecule has 2 aliphatic heterocycles. The largest absolute Gasteiger partial charge is 0.480 e. The normalized spacial score (nSPS) is 19.1. The maximum atomic E-state index is 12.3. The van der Waals surface area contributed by atoms with Gasteiger partial charge in [0.15, 0.2) is 0 Å². The van der Waals surface area contributed by atoms with Crippen LogP contribution in [0.1, 0.15) is 47.3 Å². The fraction of sp³-hybridized carbons (Fsp3) is 0.500. The van der Waals surface area contributed by atoms with Gasteiger partial charge in [-0.1, -0.05) is 6.07 Å². The Balaban J connectivity index is 1.22. The Hall–Kier alpha value is -3.00. The second kappa shape index (κ2) is 10.5. The zero-order valence-corrected chi connectivity index (χ0v) is 18.3. The molecule has 0 bridgehead atoms. The molecule has 4 rings (SSSR count). The Morgan fingerprint density at radius 1 is 1.31 bits per heavy atom. The molecule has 1 saturated heterocycles. The molecule has 1 unspecified atom stereocenters. The van der Waals surface area contributed by atoms with Crippen LogP contribution in [0.5, 0.6) is 0 Å². The number of carbonyl (C=O) groups is 2. The van der Waals surface area contributed by atoms with Crippen molar-refractivity contribution in [3.63, 3.8) is 0 Å². The summed E-state index contributed by atoms with van der Waals surface area (Å²) in [5.74, 6) is 0.228. The quantitative estimate of drug-likeness (QED) is 0.553. The first-order valence-corrected chi connectivity index (χ1v) is 11.5. The lowest BCUT2D eigenvalue weighted by atomic mass is 10.00. The molecular weight excluding hydrogens is 406 g/mol. The van der Waals surface area contributed by atoms with Crippen molar-refractivity contribution in [2.75, 3.05) is 31.5 Å². The van der Waals surface area contributed by atoms with Crippen molar-refractivity contribution in [3.05, 3.63) is 53.5 Å². The van der Waals surface area contributed by atoms with Gasteiger partial charge in [-0.15, -0.1) is 0 Å². The van der Waals surface area contributed by atoms with Crippen LogP contribution in [0.2, 0.25) is 0 Å². The minimum absolute atomic E-state index is 0.367. The van der Waals surface area contributed by atoms with E-state index in [1.54, 1.807) is 18.3 Å². The topological polar surface area (TPSA) is 107 Å². The Labute approximate surface area is 188 Å². The lowest BCUT2D eigenvalue weighted by Crippen LogP contribution is -2.43. The number of carbonyl (C=O) groups excluding carboxylic acids is 1. The maximum Gasteiger partial charge on any atom is 0.326 e. The van der Waals surface area contributed by atoms with Crippen LogP contribution in [0.4, 0.5) is 5.82 Å². The van der Waals surface area contributed by atoms with Crippen LogP contribution >= 0.6 is 0 Å². The Morgan fingerprint density at radius 2 is 2.22 bits per heavy atom. The van der Waals surface area contributed by atoms with Crippen molar-refractivity contribution in [2.24, 2.45) is 5.92 Å². The first kappa shape index (κ1) is 22.2. The summed E-state index contributed by atoms with van der Waals surface area (Å²) in [6.07, 6.45) is 8.83. The molecule has 4 heterocycles. The van der Waals surface area contributed by atoms with Crippen LogP contribution < -0.4 is 10.6 Å². The standard InChI is InChI=1S/C24H31N5O3/c30-23(19-4-1-11-25-15-19)28-21(24(31)32)10-14-29-13-9-17(16-29)5-7-20-8-6-18-3-2-12-26-22(18)27-20/h1,4,6,8,11,15,17,21H,2-3,5,7,9-10,12-14,16H2,(H,26,27)(H,28,30)(H,31,32)/t17-,21?/m0/s1. The van der Waals surface area contributed by atoms with E-state index in [2.05, 4.69) is 32.7 Å². The van der Waals surface area contributed by atoms with E-state index >= 15 is 0 Å². The minimum atomic E-state index is -1.01. The average molecular weight is 438 g/mol. The minimum Gasteiger partial charge on any atom is -0.480 e. The number of rotatable bonds is 9. The van der Waals surface area contributed by atoms with E-state index < -0.39 is 17.9 Å². The van der Waals surface area contributed by atoms with Crippen LogP contribution in [0, 0.1) is 5.92 Å². The molecule has 0 aliphatic carbocycles. The molecule has 2 aromatic heterocycles. The summed E-state index contributed by atoms with van der Waals surface area (Å²) in [6, 6.07) is 6.73. The number of anilines is 1. The molecule has 0 saturated carbocycles. The highest BCUT2D eigenvalue weighted by Gasteiger charge is 2.26. The summed E-state index contributed by atoms with van der Waals surface area (Å²) in [5, 5.41) is 15.5. The SMILES string of the molecule is O=C(NC(CCN1CC[C@H](CCc2ccc3c(n2)NCCC3)C1)C(=O)O)c1cccnc1. The van der Waals surface area contributed by atoms with E-state index in [9.17, 15) is 14.7 Å². The lowest BCUT2D eigenvalue weighted by Gasteiger charge is -2.20. The van der Waals surface area contributed by atoms with Crippen molar-refractivity contribution < 1.29 is 14.7 Å². The van der Waals surface area contributed by atoms with E-state index in [0.29, 0.717) is 24.4 Å². The molecule has 8 heteroatoms. The van der Waals surface area contributed by atoms with Crippen molar-refractivity contribution in [3.8, 4) is 0 Å². The van der Waals surface area contributed by atoms with Gasteiger partial charge < -0.3 is 20.6 Å². The number of aryl methyl sites for hydroxylation is 2. The van der Waals surface area contributed by atoms with Gasteiger partial charge in [0.05, 0.1) is 5.56 Å². The number of nitrogens with one attached hydrogen (secondary N) is 2. The highest BCUT2D eigenvalue weighted by molar-refractivity contribution is 5.96. The fourth-order valence-corrected chi connectivity index (χ4v) is 4.52.